The van der Waals surface area contributed by atoms with Crippen molar-refractivity contribution >= 4 is 50.1 Å². The van der Waals surface area contributed by atoms with E-state index in [9.17, 15) is 13.2 Å². The van der Waals surface area contributed by atoms with Crippen LogP contribution in [0.5, 0.6) is 0 Å². The minimum atomic E-state index is -3.24. The van der Waals surface area contributed by atoms with Crippen LogP contribution in [0.3, 0.4) is 0 Å². The third kappa shape index (κ3) is 6.91. The maximum atomic E-state index is 13.3. The zero-order chi connectivity index (χ0) is 25.7. The van der Waals surface area contributed by atoms with Gasteiger partial charge in [0, 0.05) is 24.5 Å². The Kier molecular flexibility index (Phi) is 8.41. The largest absolute Gasteiger partial charge is 0.422 e. The number of carbonyl (C=O) groups is 1. The van der Waals surface area contributed by atoms with Crippen molar-refractivity contribution in [2.24, 2.45) is 5.92 Å². The van der Waals surface area contributed by atoms with E-state index in [1.807, 2.05) is 19.1 Å². The molecule has 36 heavy (non-hydrogen) atoms. The van der Waals surface area contributed by atoms with Gasteiger partial charge in [-0.1, -0.05) is 49.8 Å². The van der Waals surface area contributed by atoms with E-state index in [2.05, 4.69) is 20.9 Å². The lowest BCUT2D eigenvalue weighted by Gasteiger charge is -2.26. The lowest BCUT2D eigenvalue weighted by molar-refractivity contribution is -0.122. The summed E-state index contributed by atoms with van der Waals surface area (Å²) in [6.45, 7) is 2.35. The van der Waals surface area contributed by atoms with Crippen LogP contribution >= 0.6 is 11.6 Å². The standard InChI is InChI=1S/C26H33ClN4O4S/c1-17(29-19-11-13-20(14-12-19)36(2,33)34)16-28-25(32)23(15-18-7-4-3-5-8-18)31-26-30-22-10-6-9-21(27)24(22)35-26/h6,9-14,17-18,23,29H,3-5,7-8,15-16H2,1-2H3,(H,28,32)(H,30,31)/t17?,23-/m0/s1. The molecule has 4 rings (SSSR count). The Hall–Kier alpha value is -2.78. The summed E-state index contributed by atoms with van der Waals surface area (Å²) in [5.41, 5.74) is 1.92. The molecule has 1 aliphatic rings. The molecule has 0 bridgehead atoms. The molecule has 3 aromatic rings. The second-order valence-corrected chi connectivity index (χ2v) is 12.1. The summed E-state index contributed by atoms with van der Waals surface area (Å²) in [5, 5.41) is 10.0. The molecule has 2 aromatic carbocycles. The van der Waals surface area contributed by atoms with Crippen molar-refractivity contribution in [3.63, 3.8) is 0 Å². The first kappa shape index (κ1) is 26.3. The number of benzene rings is 2. The highest BCUT2D eigenvalue weighted by atomic mass is 35.5. The molecule has 0 radical (unpaired) electrons. The van der Waals surface area contributed by atoms with E-state index in [4.69, 9.17) is 16.0 Å². The number of nitrogens with one attached hydrogen (secondary N) is 3. The van der Waals surface area contributed by atoms with E-state index in [-0.39, 0.29) is 22.9 Å². The number of sulfone groups is 1. The van der Waals surface area contributed by atoms with Gasteiger partial charge in [-0.15, -0.1) is 0 Å². The van der Waals surface area contributed by atoms with Crippen LogP contribution in [0, 0.1) is 5.92 Å². The first-order valence-electron chi connectivity index (χ1n) is 12.3. The van der Waals surface area contributed by atoms with Gasteiger partial charge in [0.25, 0.3) is 6.01 Å². The van der Waals surface area contributed by atoms with Gasteiger partial charge >= 0.3 is 0 Å². The molecule has 2 atom stereocenters. The molecule has 0 saturated heterocycles. The maximum absolute atomic E-state index is 13.3. The Bertz CT molecular complexity index is 1290. The summed E-state index contributed by atoms with van der Waals surface area (Å²) in [6.07, 6.45) is 7.75. The molecule has 8 nitrogen and oxygen atoms in total. The van der Waals surface area contributed by atoms with E-state index in [0.29, 0.717) is 35.0 Å². The highest BCUT2D eigenvalue weighted by Gasteiger charge is 2.26. The number of halogens is 1. The number of hydrogen-bond donors (Lipinski definition) is 3. The molecule has 1 aromatic heterocycles. The van der Waals surface area contributed by atoms with Crippen LogP contribution in [0.25, 0.3) is 11.1 Å². The highest BCUT2D eigenvalue weighted by Crippen LogP contribution is 2.30. The molecule has 1 saturated carbocycles. The van der Waals surface area contributed by atoms with Crippen LogP contribution in [-0.4, -0.2) is 44.2 Å². The molecule has 1 aliphatic carbocycles. The van der Waals surface area contributed by atoms with Gasteiger partial charge in [-0.05, 0) is 55.7 Å². The van der Waals surface area contributed by atoms with Crippen LogP contribution in [0.2, 0.25) is 5.02 Å². The number of para-hydroxylation sites is 1. The van der Waals surface area contributed by atoms with E-state index in [1.165, 1.54) is 25.5 Å². The highest BCUT2D eigenvalue weighted by molar-refractivity contribution is 7.90. The third-order valence-corrected chi connectivity index (χ3v) is 7.98. The monoisotopic (exact) mass is 532 g/mol. The quantitative estimate of drug-likeness (QED) is 0.326. The van der Waals surface area contributed by atoms with E-state index in [1.54, 1.807) is 30.3 Å². The maximum Gasteiger partial charge on any atom is 0.296 e. The minimum Gasteiger partial charge on any atom is -0.422 e. The first-order chi connectivity index (χ1) is 17.2. The fourth-order valence-corrected chi connectivity index (χ4v) is 5.46. The SMILES string of the molecule is CC(CNC(=O)[C@H](CC1CCCCC1)Nc1nc2cccc(Cl)c2o1)Nc1ccc(S(C)(=O)=O)cc1. The average Bonchev–Trinajstić information content (AvgIpc) is 3.26. The summed E-state index contributed by atoms with van der Waals surface area (Å²) in [5.74, 6) is 0.355. The Labute approximate surface area is 217 Å². The molecule has 194 valence electrons. The molecule has 0 aliphatic heterocycles. The summed E-state index contributed by atoms with van der Waals surface area (Å²) in [7, 11) is -3.24. The second-order valence-electron chi connectivity index (χ2n) is 9.63. The van der Waals surface area contributed by atoms with Gasteiger partial charge < -0.3 is 20.4 Å². The van der Waals surface area contributed by atoms with E-state index < -0.39 is 15.9 Å². The van der Waals surface area contributed by atoms with Crippen molar-refractivity contribution in [3.05, 3.63) is 47.5 Å². The summed E-state index contributed by atoms with van der Waals surface area (Å²) in [6, 6.07) is 11.7. The van der Waals surface area contributed by atoms with Gasteiger partial charge in [-0.3, -0.25) is 4.79 Å². The Morgan fingerprint density at radius 3 is 2.50 bits per heavy atom. The Morgan fingerprint density at radius 2 is 1.83 bits per heavy atom. The smallest absolute Gasteiger partial charge is 0.296 e. The van der Waals surface area contributed by atoms with Crippen molar-refractivity contribution < 1.29 is 17.6 Å². The molecule has 3 N–H and O–H groups in total. The van der Waals surface area contributed by atoms with Crippen LogP contribution < -0.4 is 16.0 Å². The number of aromatic nitrogens is 1. The molecule has 1 amide bonds. The van der Waals surface area contributed by atoms with Gasteiger partial charge in [0.05, 0.1) is 9.92 Å². The van der Waals surface area contributed by atoms with Gasteiger partial charge in [-0.2, -0.15) is 4.98 Å². The number of oxazole rings is 1. The van der Waals surface area contributed by atoms with Gasteiger partial charge in [0.2, 0.25) is 5.91 Å². The minimum absolute atomic E-state index is 0.0727. The average molecular weight is 533 g/mol. The first-order valence-corrected chi connectivity index (χ1v) is 14.6. The second kappa shape index (κ2) is 11.5. The number of carbonyl (C=O) groups excluding carboxylic acids is 1. The lowest BCUT2D eigenvalue weighted by atomic mass is 9.84. The van der Waals surface area contributed by atoms with Gasteiger partial charge in [-0.25, -0.2) is 8.42 Å². The van der Waals surface area contributed by atoms with E-state index >= 15 is 0 Å². The predicted molar refractivity (Wildman–Crippen MR) is 143 cm³/mol. The third-order valence-electron chi connectivity index (χ3n) is 6.55. The van der Waals surface area contributed by atoms with Crippen molar-refractivity contribution in [1.29, 1.82) is 0 Å². The molecule has 1 fully saturated rings. The van der Waals surface area contributed by atoms with Crippen molar-refractivity contribution in [2.45, 2.75) is 62.4 Å². The van der Waals surface area contributed by atoms with Gasteiger partial charge in [0.1, 0.15) is 11.6 Å². The zero-order valence-electron chi connectivity index (χ0n) is 20.6. The Balaban J connectivity index is 1.39. The number of rotatable bonds is 10. The van der Waals surface area contributed by atoms with Crippen molar-refractivity contribution in [2.75, 3.05) is 23.4 Å². The van der Waals surface area contributed by atoms with Gasteiger partial charge in [0.15, 0.2) is 15.4 Å². The number of nitrogens with zero attached hydrogens (tertiary/aromatic N) is 1. The number of hydrogen-bond acceptors (Lipinski definition) is 7. The summed E-state index contributed by atoms with van der Waals surface area (Å²) >= 11 is 6.23. The molecular formula is C26H33ClN4O4S. The number of anilines is 2. The lowest BCUT2D eigenvalue weighted by Crippen LogP contribution is -2.44. The fourth-order valence-electron chi connectivity index (χ4n) is 4.62. The molecule has 1 heterocycles. The Morgan fingerprint density at radius 1 is 1.11 bits per heavy atom. The summed E-state index contributed by atoms with van der Waals surface area (Å²) in [4.78, 5) is 18.0. The van der Waals surface area contributed by atoms with Crippen LogP contribution in [-0.2, 0) is 14.6 Å². The van der Waals surface area contributed by atoms with Crippen LogP contribution in [0.4, 0.5) is 11.7 Å². The summed E-state index contributed by atoms with van der Waals surface area (Å²) < 4.78 is 29.1. The van der Waals surface area contributed by atoms with Crippen LogP contribution in [0.15, 0.2) is 51.8 Å². The topological polar surface area (TPSA) is 113 Å². The molecule has 0 spiro atoms. The van der Waals surface area contributed by atoms with Crippen LogP contribution in [0.1, 0.15) is 45.4 Å². The predicted octanol–water partition coefficient (Wildman–Crippen LogP) is 5.25. The van der Waals surface area contributed by atoms with Crippen molar-refractivity contribution in [3.8, 4) is 0 Å². The number of amides is 1. The molecule has 1 unspecified atom stereocenters. The van der Waals surface area contributed by atoms with Crippen molar-refractivity contribution in [1.82, 2.24) is 10.3 Å². The molecular weight excluding hydrogens is 500 g/mol. The fraction of sp³-hybridized carbons (Fsp3) is 0.462. The molecule has 10 heteroatoms. The number of fused-ring (bicyclic) bond motifs is 1. The normalized spacial score (nSPS) is 16.4. The zero-order valence-corrected chi connectivity index (χ0v) is 22.2. The van der Waals surface area contributed by atoms with E-state index in [0.717, 1.165) is 18.5 Å².